The van der Waals surface area contributed by atoms with Gasteiger partial charge in [-0.25, -0.2) is 17.9 Å². The zero-order chi connectivity index (χ0) is 34.6. The van der Waals surface area contributed by atoms with Crippen LogP contribution in [0.15, 0.2) is 18.2 Å². The first-order valence-corrected chi connectivity index (χ1v) is 15.8. The number of anilines is 1. The van der Waals surface area contributed by atoms with Gasteiger partial charge in [0.2, 0.25) is 5.91 Å². The lowest BCUT2D eigenvalue weighted by Gasteiger charge is -2.37. The molecule has 1 aromatic heterocycles. The van der Waals surface area contributed by atoms with Gasteiger partial charge in [-0.15, -0.1) is 5.10 Å². The number of carbonyl (C=O) groups is 3. The van der Waals surface area contributed by atoms with Gasteiger partial charge in [0.05, 0.1) is 40.4 Å². The summed E-state index contributed by atoms with van der Waals surface area (Å²) in [5, 5.41) is 18.3. The van der Waals surface area contributed by atoms with E-state index < -0.39 is 92.5 Å². The summed E-state index contributed by atoms with van der Waals surface area (Å²) in [6.07, 6.45) is -9.74. The molecular weight excluding hydrogens is 650 g/mol. The van der Waals surface area contributed by atoms with Crippen LogP contribution in [0.25, 0.3) is 0 Å². The number of sulfone groups is 1. The van der Waals surface area contributed by atoms with Crippen LogP contribution in [0.5, 0.6) is 0 Å². The normalized spacial score (nSPS) is 19.2. The van der Waals surface area contributed by atoms with Crippen molar-refractivity contribution in [3.8, 4) is 0 Å². The van der Waals surface area contributed by atoms with Crippen molar-refractivity contribution >= 4 is 33.4 Å². The molecule has 3 atom stereocenters. The van der Waals surface area contributed by atoms with Crippen LogP contribution in [-0.4, -0.2) is 76.1 Å². The average molecular weight is 685 g/mol. The zero-order valence-corrected chi connectivity index (χ0v) is 26.0. The second kappa shape index (κ2) is 14.2. The molecule has 4 N–H and O–H groups in total. The van der Waals surface area contributed by atoms with Gasteiger partial charge in [-0.2, -0.15) is 26.3 Å². The van der Waals surface area contributed by atoms with Gasteiger partial charge in [0.15, 0.2) is 9.84 Å². The predicted molar refractivity (Wildman–Crippen MR) is 151 cm³/mol. The van der Waals surface area contributed by atoms with E-state index >= 15 is 0 Å². The summed E-state index contributed by atoms with van der Waals surface area (Å²) < 4.78 is 107. The fraction of sp³-hybridized carbons (Fsp3) is 0.615. The first kappa shape index (κ1) is 36.5. The molecule has 20 heteroatoms. The molecule has 1 heterocycles. The number of hydrogen-bond acceptors (Lipinski definition) is 8. The molecule has 1 fully saturated rings. The number of alkyl halides is 6. The number of amides is 4. The molecule has 0 bridgehead atoms. The molecule has 1 aliphatic carbocycles. The topological polar surface area (TPSA) is 177 Å². The maximum atomic E-state index is 13.4. The summed E-state index contributed by atoms with van der Waals surface area (Å²) in [4.78, 5) is 38.0. The lowest BCUT2D eigenvalue weighted by molar-refractivity contribution is -0.149. The summed E-state index contributed by atoms with van der Waals surface area (Å²) in [5.41, 5.74) is -2.02. The van der Waals surface area contributed by atoms with E-state index in [2.05, 4.69) is 36.8 Å². The molecular formula is C26H34F6N8O5S. The van der Waals surface area contributed by atoms with Gasteiger partial charge in [0.25, 0.3) is 11.7 Å². The number of halogens is 6. The Bertz CT molecular complexity index is 1530. The van der Waals surface area contributed by atoms with Gasteiger partial charge in [-0.05, 0) is 81.5 Å². The number of nitrogens with one attached hydrogen (secondary N) is 4. The number of rotatable bonds is 10. The van der Waals surface area contributed by atoms with Crippen molar-refractivity contribution in [1.82, 2.24) is 36.2 Å². The highest BCUT2D eigenvalue weighted by molar-refractivity contribution is 7.91. The van der Waals surface area contributed by atoms with Crippen molar-refractivity contribution in [3.05, 3.63) is 35.2 Å². The van der Waals surface area contributed by atoms with Crippen LogP contribution in [0.1, 0.15) is 74.7 Å². The second-order valence-corrected chi connectivity index (χ2v) is 14.0. The zero-order valence-electron chi connectivity index (χ0n) is 25.2. The van der Waals surface area contributed by atoms with E-state index in [-0.39, 0.29) is 31.0 Å². The smallest absolute Gasteiger partial charge is 0.352 e. The molecule has 1 aromatic carbocycles. The van der Waals surface area contributed by atoms with Gasteiger partial charge in [0.1, 0.15) is 0 Å². The van der Waals surface area contributed by atoms with Crippen LogP contribution in [-0.2, 0) is 27.0 Å². The average Bonchev–Trinajstić information content (AvgIpc) is 3.42. The molecule has 0 aliphatic heterocycles. The molecule has 13 nitrogen and oxygen atoms in total. The van der Waals surface area contributed by atoms with Gasteiger partial charge in [-0.3, -0.25) is 9.59 Å². The minimum atomic E-state index is -4.86. The van der Waals surface area contributed by atoms with Crippen LogP contribution < -0.4 is 21.3 Å². The molecule has 3 rings (SSSR count). The van der Waals surface area contributed by atoms with Crippen LogP contribution in [0.4, 0.5) is 36.8 Å². The van der Waals surface area contributed by atoms with E-state index in [9.17, 15) is 49.1 Å². The standard InChI is InChI=1S/C26H34F6N8O5S/c1-13(2)34-24(43)36-20-7-5-16(25(27,28)29)10-18(20)22(42)33-11-21(41)35-19-8-6-17(9-15(19)12-46(44,45)14(3)4)40-23(26(30,31)32)37-38-39-40/h5,7,10,13-15,17,19H,6,8-9,11-12H2,1-4H3,(H,33,42)(H,35,41)(H2,34,36,43)/t15-,17+,19-/m0/s1. The highest BCUT2D eigenvalue weighted by Crippen LogP contribution is 2.37. The Hall–Kier alpha value is -3.97. The van der Waals surface area contributed by atoms with E-state index in [1.807, 2.05) is 0 Å². The Labute approximate surface area is 260 Å². The van der Waals surface area contributed by atoms with Crippen LogP contribution in [0.3, 0.4) is 0 Å². The fourth-order valence-corrected chi connectivity index (χ4v) is 6.25. The Morgan fingerprint density at radius 2 is 1.70 bits per heavy atom. The van der Waals surface area contributed by atoms with E-state index in [4.69, 9.17) is 0 Å². The van der Waals surface area contributed by atoms with Crippen molar-refractivity contribution in [1.29, 1.82) is 0 Å². The Balaban J connectivity index is 1.76. The van der Waals surface area contributed by atoms with E-state index in [0.29, 0.717) is 16.8 Å². The van der Waals surface area contributed by atoms with Crippen molar-refractivity contribution in [3.63, 3.8) is 0 Å². The number of benzene rings is 1. The highest BCUT2D eigenvalue weighted by atomic mass is 32.2. The Kier molecular flexibility index (Phi) is 11.3. The van der Waals surface area contributed by atoms with Crippen LogP contribution in [0, 0.1) is 5.92 Å². The van der Waals surface area contributed by atoms with E-state index in [1.165, 1.54) is 13.8 Å². The third-order valence-corrected chi connectivity index (χ3v) is 9.56. The van der Waals surface area contributed by atoms with Crippen molar-refractivity contribution in [2.45, 2.75) is 82.7 Å². The van der Waals surface area contributed by atoms with Crippen molar-refractivity contribution in [2.24, 2.45) is 5.92 Å². The molecule has 46 heavy (non-hydrogen) atoms. The molecule has 0 spiro atoms. The van der Waals surface area contributed by atoms with Gasteiger partial charge in [-0.1, -0.05) is 0 Å². The molecule has 0 saturated heterocycles. The van der Waals surface area contributed by atoms with E-state index in [1.54, 1.807) is 13.8 Å². The highest BCUT2D eigenvalue weighted by Gasteiger charge is 2.43. The minimum absolute atomic E-state index is 0.0342. The third kappa shape index (κ3) is 9.52. The van der Waals surface area contributed by atoms with Gasteiger partial charge in [0, 0.05) is 12.1 Å². The summed E-state index contributed by atoms with van der Waals surface area (Å²) in [7, 11) is -3.73. The number of hydrogen-bond donors (Lipinski definition) is 4. The third-order valence-electron chi connectivity index (χ3n) is 7.23. The number of urea groups is 1. The summed E-state index contributed by atoms with van der Waals surface area (Å²) in [6.45, 7) is 5.40. The maximum Gasteiger partial charge on any atom is 0.453 e. The quantitative estimate of drug-likeness (QED) is 0.276. The lowest BCUT2D eigenvalue weighted by Crippen LogP contribution is -2.49. The first-order chi connectivity index (χ1) is 21.2. The largest absolute Gasteiger partial charge is 0.453 e. The SMILES string of the molecule is CC(C)NC(=O)Nc1ccc(C(F)(F)F)cc1C(=O)NCC(=O)N[C@H]1CC[C@@H](n2nnnc2C(F)(F)F)C[C@H]1CS(=O)(=O)C(C)C. The number of carbonyl (C=O) groups excluding carboxylic acids is 3. The maximum absolute atomic E-state index is 13.4. The van der Waals surface area contributed by atoms with Crippen molar-refractivity contribution in [2.75, 3.05) is 17.6 Å². The van der Waals surface area contributed by atoms with E-state index in [0.717, 1.165) is 6.07 Å². The van der Waals surface area contributed by atoms with Gasteiger partial charge < -0.3 is 21.3 Å². The van der Waals surface area contributed by atoms with Gasteiger partial charge >= 0.3 is 18.4 Å². The number of aromatic nitrogens is 4. The van der Waals surface area contributed by atoms with Crippen molar-refractivity contribution < 1.29 is 49.1 Å². The minimum Gasteiger partial charge on any atom is -0.352 e. The Morgan fingerprint density at radius 1 is 1.02 bits per heavy atom. The fourth-order valence-electron chi connectivity index (χ4n) is 4.90. The second-order valence-electron chi connectivity index (χ2n) is 11.4. The summed E-state index contributed by atoms with van der Waals surface area (Å²) in [6, 6.07) is -0.806. The molecule has 2 aromatic rings. The molecule has 0 radical (unpaired) electrons. The summed E-state index contributed by atoms with van der Waals surface area (Å²) in [5.74, 6) is -4.64. The molecule has 256 valence electrons. The number of tetrazole rings is 1. The molecule has 4 amide bonds. The van der Waals surface area contributed by atoms with Crippen LogP contribution >= 0.6 is 0 Å². The molecule has 1 aliphatic rings. The Morgan fingerprint density at radius 3 is 2.28 bits per heavy atom. The molecule has 0 unspecified atom stereocenters. The first-order valence-electron chi connectivity index (χ1n) is 14.1. The number of nitrogens with zero attached hydrogens (tertiary/aromatic N) is 4. The monoisotopic (exact) mass is 684 g/mol. The molecule has 1 saturated carbocycles. The van der Waals surface area contributed by atoms with Crippen LogP contribution in [0.2, 0.25) is 0 Å². The lowest BCUT2D eigenvalue weighted by atomic mass is 9.82. The predicted octanol–water partition coefficient (Wildman–Crippen LogP) is 3.32. The summed E-state index contributed by atoms with van der Waals surface area (Å²) >= 11 is 0.